The largest absolute Gasteiger partial charge is 0.401 e. The standard InChI is InChI=1S/C21H29N7O3/c1-21(2,3)14-4-6-16(7-5-14)27(25)13-15(22)10-11-26(24)20(29)18-9-8-17(28(30)31)12-19(18)23/h4-9,12-13H,10-11,22-25H2,1-3H3/b15-13-. The van der Waals surface area contributed by atoms with Crippen molar-refractivity contribution < 1.29 is 9.72 Å². The highest BCUT2D eigenvalue weighted by Crippen LogP contribution is 2.24. The molecule has 0 aliphatic carbocycles. The summed E-state index contributed by atoms with van der Waals surface area (Å²) in [7, 11) is 0. The quantitative estimate of drug-likeness (QED) is 0.171. The smallest absolute Gasteiger partial charge is 0.271 e. The molecule has 0 aromatic heterocycles. The van der Waals surface area contributed by atoms with Crippen LogP contribution in [-0.4, -0.2) is 22.4 Å². The molecule has 0 unspecified atom stereocenters. The van der Waals surface area contributed by atoms with E-state index in [1.165, 1.54) is 22.7 Å². The first kappa shape index (κ1) is 23.6. The number of hydrazine groups is 2. The molecule has 1 amide bonds. The van der Waals surface area contributed by atoms with Gasteiger partial charge < -0.3 is 11.5 Å². The van der Waals surface area contributed by atoms with E-state index >= 15 is 0 Å². The topological polar surface area (TPSA) is 171 Å². The van der Waals surface area contributed by atoms with Crippen LogP contribution in [-0.2, 0) is 5.41 Å². The molecule has 0 aliphatic rings. The average Bonchev–Trinajstić information content (AvgIpc) is 2.70. The molecule has 0 saturated heterocycles. The molecule has 0 atom stereocenters. The molecule has 0 aliphatic heterocycles. The average molecular weight is 428 g/mol. The van der Waals surface area contributed by atoms with Gasteiger partial charge in [-0.05, 0) is 29.2 Å². The highest BCUT2D eigenvalue weighted by molar-refractivity contribution is 5.99. The number of rotatable bonds is 7. The molecule has 2 rings (SSSR count). The zero-order chi connectivity index (χ0) is 23.3. The van der Waals surface area contributed by atoms with Gasteiger partial charge in [-0.2, -0.15) is 0 Å². The molecule has 31 heavy (non-hydrogen) atoms. The van der Waals surface area contributed by atoms with E-state index in [1.54, 1.807) is 6.20 Å². The van der Waals surface area contributed by atoms with Crippen LogP contribution in [0.5, 0.6) is 0 Å². The summed E-state index contributed by atoms with van der Waals surface area (Å²) in [5, 5.41) is 13.1. The van der Waals surface area contributed by atoms with Gasteiger partial charge in [0.1, 0.15) is 0 Å². The summed E-state index contributed by atoms with van der Waals surface area (Å²) in [6, 6.07) is 11.4. The molecule has 2 aromatic rings. The van der Waals surface area contributed by atoms with Gasteiger partial charge in [0.25, 0.3) is 11.6 Å². The zero-order valence-corrected chi connectivity index (χ0v) is 17.9. The van der Waals surface area contributed by atoms with Crippen LogP contribution in [0.1, 0.15) is 43.1 Å². The minimum Gasteiger partial charge on any atom is -0.401 e. The third-order valence-corrected chi connectivity index (χ3v) is 4.71. The number of nitro groups is 1. The van der Waals surface area contributed by atoms with Gasteiger partial charge in [0.05, 0.1) is 21.9 Å². The van der Waals surface area contributed by atoms with Crippen molar-refractivity contribution in [1.29, 1.82) is 0 Å². The molecular formula is C21H29N7O3. The third-order valence-electron chi connectivity index (χ3n) is 4.71. The third kappa shape index (κ3) is 6.17. The van der Waals surface area contributed by atoms with E-state index in [0.29, 0.717) is 5.70 Å². The van der Waals surface area contributed by atoms with Crippen molar-refractivity contribution in [3.05, 3.63) is 75.6 Å². The lowest BCUT2D eigenvalue weighted by atomic mass is 9.87. The van der Waals surface area contributed by atoms with Gasteiger partial charge in [0.2, 0.25) is 0 Å². The van der Waals surface area contributed by atoms with Crippen molar-refractivity contribution >= 4 is 23.0 Å². The number of anilines is 2. The van der Waals surface area contributed by atoms with Crippen LogP contribution in [0.15, 0.2) is 54.4 Å². The molecule has 0 heterocycles. The van der Waals surface area contributed by atoms with Gasteiger partial charge in [0.15, 0.2) is 0 Å². The molecule has 10 heteroatoms. The van der Waals surface area contributed by atoms with Gasteiger partial charge in [-0.1, -0.05) is 32.9 Å². The second kappa shape index (κ2) is 9.45. The highest BCUT2D eigenvalue weighted by Gasteiger charge is 2.18. The predicted molar refractivity (Wildman–Crippen MR) is 121 cm³/mol. The van der Waals surface area contributed by atoms with Crippen LogP contribution in [0.25, 0.3) is 0 Å². The van der Waals surface area contributed by atoms with Crippen LogP contribution in [0, 0.1) is 10.1 Å². The first-order valence-electron chi connectivity index (χ1n) is 9.61. The molecule has 0 saturated carbocycles. The van der Waals surface area contributed by atoms with Gasteiger partial charge in [0, 0.05) is 37.0 Å². The monoisotopic (exact) mass is 427 g/mol. The van der Waals surface area contributed by atoms with Gasteiger partial charge in [-0.3, -0.25) is 24.9 Å². The van der Waals surface area contributed by atoms with E-state index in [4.69, 9.17) is 23.2 Å². The Labute approximate surface area is 181 Å². The summed E-state index contributed by atoms with van der Waals surface area (Å²) >= 11 is 0. The van der Waals surface area contributed by atoms with Crippen molar-refractivity contribution in [2.24, 2.45) is 17.4 Å². The summed E-state index contributed by atoms with van der Waals surface area (Å²) in [6.07, 6.45) is 1.83. The molecule has 8 N–H and O–H groups in total. The molecule has 0 radical (unpaired) electrons. The number of carbonyl (C=O) groups excluding carboxylic acids is 1. The van der Waals surface area contributed by atoms with Crippen molar-refractivity contribution in [3.8, 4) is 0 Å². The van der Waals surface area contributed by atoms with E-state index in [0.717, 1.165) is 16.8 Å². The molecule has 10 nitrogen and oxygen atoms in total. The Morgan fingerprint density at radius 2 is 1.74 bits per heavy atom. The number of carbonyl (C=O) groups is 1. The Morgan fingerprint density at radius 1 is 1.13 bits per heavy atom. The number of benzene rings is 2. The van der Waals surface area contributed by atoms with Crippen molar-refractivity contribution in [3.63, 3.8) is 0 Å². The lowest BCUT2D eigenvalue weighted by molar-refractivity contribution is -0.384. The lowest BCUT2D eigenvalue weighted by Gasteiger charge is -2.21. The van der Waals surface area contributed by atoms with Crippen molar-refractivity contribution in [1.82, 2.24) is 5.01 Å². The maximum Gasteiger partial charge on any atom is 0.271 e. The summed E-state index contributed by atoms with van der Waals surface area (Å²) in [6.45, 7) is 6.49. The SMILES string of the molecule is CC(C)(C)c1ccc(N(N)/C=C(\N)CCN(N)C(=O)c2ccc([N+](=O)[O-])cc2N)cc1. The Morgan fingerprint density at radius 3 is 2.26 bits per heavy atom. The second-order valence-corrected chi connectivity index (χ2v) is 8.19. The van der Waals surface area contributed by atoms with Crippen LogP contribution in [0.2, 0.25) is 0 Å². The maximum atomic E-state index is 12.5. The number of non-ortho nitro benzene ring substituents is 1. The zero-order valence-electron chi connectivity index (χ0n) is 17.9. The van der Waals surface area contributed by atoms with Gasteiger partial charge in [-0.15, -0.1) is 0 Å². The number of hydrogen-bond acceptors (Lipinski definition) is 8. The maximum absolute atomic E-state index is 12.5. The van der Waals surface area contributed by atoms with E-state index < -0.39 is 10.8 Å². The van der Waals surface area contributed by atoms with E-state index in [9.17, 15) is 14.9 Å². The summed E-state index contributed by atoms with van der Waals surface area (Å²) in [4.78, 5) is 22.7. The number of amides is 1. The first-order valence-corrected chi connectivity index (χ1v) is 9.61. The van der Waals surface area contributed by atoms with Crippen LogP contribution in [0.3, 0.4) is 0 Å². The lowest BCUT2D eigenvalue weighted by Crippen LogP contribution is -2.39. The predicted octanol–water partition coefficient (Wildman–Crippen LogP) is 2.36. The number of hydrogen-bond donors (Lipinski definition) is 4. The molecule has 0 bridgehead atoms. The fourth-order valence-corrected chi connectivity index (χ4v) is 2.82. The number of nitrogens with two attached hydrogens (primary N) is 4. The van der Waals surface area contributed by atoms with Gasteiger partial charge >= 0.3 is 0 Å². The Kier molecular flexibility index (Phi) is 7.21. The van der Waals surface area contributed by atoms with Gasteiger partial charge in [-0.25, -0.2) is 11.7 Å². The number of nitrogen functional groups attached to an aromatic ring is 1. The first-order chi connectivity index (χ1) is 14.4. The molecule has 2 aromatic carbocycles. The number of nitro benzene ring substituents is 1. The summed E-state index contributed by atoms with van der Waals surface area (Å²) in [5.41, 5.74) is 14.0. The number of nitrogens with zero attached hydrogens (tertiary/aromatic N) is 3. The van der Waals surface area contributed by atoms with Crippen molar-refractivity contribution in [2.45, 2.75) is 32.6 Å². The van der Waals surface area contributed by atoms with Crippen molar-refractivity contribution in [2.75, 3.05) is 17.3 Å². The summed E-state index contributed by atoms with van der Waals surface area (Å²) in [5.74, 6) is 11.3. The molecule has 0 fully saturated rings. The van der Waals surface area contributed by atoms with E-state index in [-0.39, 0.29) is 35.3 Å². The van der Waals surface area contributed by atoms with Crippen LogP contribution < -0.4 is 28.2 Å². The minimum atomic E-state index is -0.592. The molecule has 166 valence electrons. The summed E-state index contributed by atoms with van der Waals surface area (Å²) < 4.78 is 0. The fourth-order valence-electron chi connectivity index (χ4n) is 2.82. The second-order valence-electron chi connectivity index (χ2n) is 8.19. The Bertz CT molecular complexity index is 981. The molecular weight excluding hydrogens is 398 g/mol. The Hall–Kier alpha value is -3.63. The molecule has 0 spiro atoms. The fraction of sp³-hybridized carbons (Fsp3) is 0.286. The highest BCUT2D eigenvalue weighted by atomic mass is 16.6. The van der Waals surface area contributed by atoms with Crippen LogP contribution >= 0.6 is 0 Å². The normalized spacial score (nSPS) is 11.8. The van der Waals surface area contributed by atoms with E-state index in [1.807, 2.05) is 24.3 Å². The minimum absolute atomic E-state index is 0.0231. The van der Waals surface area contributed by atoms with Crippen LogP contribution in [0.4, 0.5) is 17.1 Å². The Balaban J connectivity index is 1.99. The van der Waals surface area contributed by atoms with E-state index in [2.05, 4.69) is 20.8 Å².